The predicted molar refractivity (Wildman–Crippen MR) is 320 cm³/mol. The fourth-order valence-electron chi connectivity index (χ4n) is 10.2. The number of carbonyl (C=O) groups is 7. The van der Waals surface area contributed by atoms with Crippen molar-refractivity contribution in [3.05, 3.63) is 173 Å². The minimum absolute atomic E-state index is 0.0507. The number of rotatable bonds is 25. The fourth-order valence-corrected chi connectivity index (χ4v) is 10.3. The van der Waals surface area contributed by atoms with E-state index in [-0.39, 0.29) is 30.1 Å². The van der Waals surface area contributed by atoms with E-state index in [1.54, 1.807) is 84.9 Å². The first-order valence-corrected chi connectivity index (χ1v) is 29.9. The van der Waals surface area contributed by atoms with Gasteiger partial charge in [0, 0.05) is 27.7 Å². The van der Waals surface area contributed by atoms with Crippen LogP contribution in [0.1, 0.15) is 72.0 Å². The number of hydrogen-bond acceptors (Lipinski definition) is 24. The van der Waals surface area contributed by atoms with E-state index in [1.807, 2.05) is 0 Å². The summed E-state index contributed by atoms with van der Waals surface area (Å²) in [5, 5.41) is 26.4. The fraction of sp³-hybridized carbons (Fsp3) is 0.422. The van der Waals surface area contributed by atoms with E-state index >= 15 is 0 Å². The van der Waals surface area contributed by atoms with Crippen molar-refractivity contribution in [1.29, 1.82) is 0 Å². The number of aliphatic hydroxyl groups is 1. The Balaban J connectivity index is 1.34. The van der Waals surface area contributed by atoms with Crippen molar-refractivity contribution < 1.29 is 115 Å². The van der Waals surface area contributed by atoms with Crippen LogP contribution in [0.4, 0.5) is 4.79 Å². The molecular formula is C64H68Cl3NO24. The minimum Gasteiger partial charge on any atom is -0.508 e. The third-order valence-electron chi connectivity index (χ3n) is 14.2. The lowest BCUT2D eigenvalue weighted by molar-refractivity contribution is -0.412. The molecule has 25 nitrogen and oxygen atoms in total. The highest BCUT2D eigenvalue weighted by Crippen LogP contribution is 2.41. The zero-order valence-electron chi connectivity index (χ0n) is 50.2. The van der Waals surface area contributed by atoms with Crippen LogP contribution in [-0.4, -0.2) is 167 Å². The third-order valence-corrected chi connectivity index (χ3v) is 14.5. The lowest BCUT2D eigenvalue weighted by Crippen LogP contribution is -2.77. The Hall–Kier alpha value is -7.50. The van der Waals surface area contributed by atoms with Crippen LogP contribution in [0.3, 0.4) is 0 Å². The number of alkyl carbamates (subject to hydrolysis) is 1. The van der Waals surface area contributed by atoms with Gasteiger partial charge in [-0.15, -0.1) is 0 Å². The molecule has 3 aliphatic heterocycles. The molecule has 1 amide bonds. The first-order valence-electron chi connectivity index (χ1n) is 28.8. The summed E-state index contributed by atoms with van der Waals surface area (Å²) in [6.07, 6.45) is -27.1. The molecular weight excluding hydrogens is 1270 g/mol. The quantitative estimate of drug-likeness (QED) is 0.0224. The van der Waals surface area contributed by atoms with Crippen molar-refractivity contribution in [2.24, 2.45) is 0 Å². The van der Waals surface area contributed by atoms with Crippen LogP contribution in [-0.2, 0) is 110 Å². The van der Waals surface area contributed by atoms with E-state index in [9.17, 15) is 43.8 Å². The van der Waals surface area contributed by atoms with Crippen molar-refractivity contribution >= 4 is 76.7 Å². The molecule has 3 heterocycles. The number of phenolic OH excluding ortho intramolecular Hbond substituents is 1. The van der Waals surface area contributed by atoms with Gasteiger partial charge in [0.15, 0.2) is 43.1 Å². The molecule has 0 saturated carbocycles. The van der Waals surface area contributed by atoms with Crippen LogP contribution in [0.5, 0.6) is 5.75 Å². The van der Waals surface area contributed by atoms with Gasteiger partial charge >= 0.3 is 41.9 Å². The van der Waals surface area contributed by atoms with Crippen molar-refractivity contribution in [2.45, 2.75) is 150 Å². The molecule has 28 heteroatoms. The molecule has 0 bridgehead atoms. The summed E-state index contributed by atoms with van der Waals surface area (Å²) in [4.78, 5) is 95.2. The molecule has 8 rings (SSSR count). The molecule has 0 aliphatic carbocycles. The van der Waals surface area contributed by atoms with Gasteiger partial charge in [-0.3, -0.25) is 24.5 Å². The number of phenols is 1. The molecule has 3 N–H and O–H groups in total. The van der Waals surface area contributed by atoms with E-state index in [0.29, 0.717) is 16.7 Å². The number of alkyl halides is 3. The van der Waals surface area contributed by atoms with E-state index < -0.39 is 164 Å². The van der Waals surface area contributed by atoms with Gasteiger partial charge in [0.25, 0.3) is 0 Å². The largest absolute Gasteiger partial charge is 0.508 e. The summed E-state index contributed by atoms with van der Waals surface area (Å²) in [6.45, 7) is 2.60. The van der Waals surface area contributed by atoms with Crippen LogP contribution < -0.4 is 5.32 Å². The predicted octanol–water partition coefficient (Wildman–Crippen LogP) is 7.27. The van der Waals surface area contributed by atoms with E-state index in [4.69, 9.17) is 106 Å². The van der Waals surface area contributed by atoms with Gasteiger partial charge in [0.1, 0.15) is 49.5 Å². The summed E-state index contributed by atoms with van der Waals surface area (Å²) < 4.78 is 91.8. The Morgan fingerprint density at radius 3 is 1.54 bits per heavy atom. The summed E-state index contributed by atoms with van der Waals surface area (Å²) in [5.41, 5.74) is -1.59. The van der Waals surface area contributed by atoms with Crippen LogP contribution in [0.15, 0.2) is 146 Å². The number of hydrogen-bond donors (Lipinski definition) is 3. The lowest BCUT2D eigenvalue weighted by atomic mass is 9.91. The van der Waals surface area contributed by atoms with Gasteiger partial charge < -0.3 is 81.3 Å². The number of benzene rings is 5. The third kappa shape index (κ3) is 19.8. The number of halogens is 3. The number of nitrogens with one attached hydrogen (secondary N) is 1. The summed E-state index contributed by atoms with van der Waals surface area (Å²) in [5.74, 6) is -5.73. The maximum atomic E-state index is 14.5. The molecule has 0 aromatic heterocycles. The Labute approximate surface area is 543 Å². The van der Waals surface area contributed by atoms with E-state index in [2.05, 4.69) is 5.32 Å². The highest BCUT2D eigenvalue weighted by atomic mass is 35.6. The van der Waals surface area contributed by atoms with Crippen molar-refractivity contribution in [2.75, 3.05) is 19.8 Å². The summed E-state index contributed by atoms with van der Waals surface area (Å²) in [6, 6.07) is 38.4. The average Bonchev–Trinajstić information content (AvgIpc) is 0.745. The van der Waals surface area contributed by atoms with Crippen LogP contribution >= 0.6 is 34.8 Å². The highest BCUT2D eigenvalue weighted by molar-refractivity contribution is 6.67. The van der Waals surface area contributed by atoms with Gasteiger partial charge in [0.05, 0.1) is 43.7 Å². The molecule has 3 fully saturated rings. The molecule has 0 radical (unpaired) electrons. The Morgan fingerprint density at radius 1 is 0.500 bits per heavy atom. The first-order chi connectivity index (χ1) is 43.9. The number of esters is 6. The van der Waals surface area contributed by atoms with Crippen LogP contribution in [0.2, 0.25) is 0 Å². The number of carbonyl (C=O) groups excluding carboxylic acids is 7. The minimum atomic E-state index is -3.23. The number of aromatic hydroxyl groups is 1. The summed E-state index contributed by atoms with van der Waals surface area (Å²) >= 11 is 18.2. The Kier molecular flexibility index (Phi) is 25.1. The topological polar surface area (TPSA) is 310 Å². The van der Waals surface area contributed by atoms with E-state index in [1.165, 1.54) is 67.6 Å². The second kappa shape index (κ2) is 32.9. The average molecular weight is 1340 g/mol. The maximum absolute atomic E-state index is 14.5. The SMILES string of the molecule is CC(=O)O[C@H]1[C@@H](OC(C)=O)[C@@H](COC(=O)c2ccccc2)O[C@@H](O[C@@H]2[C@@H](COCc3ccccc3)O[C@@H](OCc3ccc(O)cc3)[C@@](O)(NC(=O)OCC(Cl)(Cl)Cl)[C@H]2O[C@@H]2O[C@@H](C)[C@@H](OC(C)=O)[C@@H](OC(C)=O)[C@@H]2OCc2ccccc2)[C@@H]1OC(=O)c1ccccc1. The lowest BCUT2D eigenvalue weighted by Gasteiger charge is -2.54. The summed E-state index contributed by atoms with van der Waals surface area (Å²) in [7, 11) is 0. The highest BCUT2D eigenvalue weighted by Gasteiger charge is 2.64. The van der Waals surface area contributed by atoms with Crippen LogP contribution in [0.25, 0.3) is 0 Å². The van der Waals surface area contributed by atoms with E-state index in [0.717, 1.165) is 27.7 Å². The van der Waals surface area contributed by atoms with Crippen molar-refractivity contribution in [1.82, 2.24) is 5.32 Å². The molecule has 5 aromatic carbocycles. The van der Waals surface area contributed by atoms with Crippen molar-refractivity contribution in [3.8, 4) is 5.75 Å². The van der Waals surface area contributed by atoms with Gasteiger partial charge in [-0.05, 0) is 60.0 Å². The molecule has 5 aromatic rings. The monoisotopic (exact) mass is 1340 g/mol. The Bertz CT molecular complexity index is 3240. The standard InChI is InChI=1S/C64H68Cl3NO24/c1-36-49(84-37(2)69)52(86-39(4)71)54(79-31-42-20-12-7-13-21-42)59(83-36)92-56-51(47(33-78-30-41-18-10-6-11-19-41)89-61(81-32-43-26-28-46(73)29-27-43)64(56,77)68-62(76)82-35-63(65,66)67)91-60-55(90-58(75)45-24-16-9-17-25-45)53(87-40(5)72)50(85-38(3)70)48(88-60)34-80-57(74)44-22-14-8-15-23-44/h6-29,36,47-56,59-61,73,77H,30-35H2,1-5H3,(H,68,76)/t36-,47+,48+,49+,50-,51+,52+,53-,54-,55+,56-,59-,60-,61+,64+/m0/s1. The van der Waals surface area contributed by atoms with Gasteiger partial charge in [-0.1, -0.05) is 144 Å². The van der Waals surface area contributed by atoms with Gasteiger partial charge in [0.2, 0.25) is 15.8 Å². The molecule has 494 valence electrons. The molecule has 15 atom stereocenters. The first kappa shape index (κ1) is 70.4. The van der Waals surface area contributed by atoms with Crippen LogP contribution in [0, 0.1) is 0 Å². The molecule has 92 heavy (non-hydrogen) atoms. The Morgan fingerprint density at radius 2 is 0.978 bits per heavy atom. The molecule has 3 saturated heterocycles. The zero-order valence-corrected chi connectivity index (χ0v) is 52.5. The smallest absolute Gasteiger partial charge is 0.409 e. The normalized spacial score (nSPS) is 27.1. The molecule has 0 spiro atoms. The number of ether oxygens (including phenoxy) is 15. The molecule has 0 unspecified atom stereocenters. The zero-order chi connectivity index (χ0) is 66.1. The number of amides is 1. The molecule has 3 aliphatic rings. The second-order valence-corrected chi connectivity index (χ2v) is 23.8. The second-order valence-electron chi connectivity index (χ2n) is 21.3. The maximum Gasteiger partial charge on any atom is 0.409 e. The van der Waals surface area contributed by atoms with Crippen molar-refractivity contribution in [3.63, 3.8) is 0 Å². The van der Waals surface area contributed by atoms with Gasteiger partial charge in [-0.2, -0.15) is 0 Å². The van der Waals surface area contributed by atoms with Gasteiger partial charge in [-0.25, -0.2) is 14.4 Å².